The van der Waals surface area contributed by atoms with E-state index in [4.69, 9.17) is 16.3 Å². The lowest BCUT2D eigenvalue weighted by atomic mass is 10.2. The Hall–Kier alpha value is -1.29. The van der Waals surface area contributed by atoms with E-state index in [0.717, 1.165) is 0 Å². The molecule has 1 aromatic heterocycles. The van der Waals surface area contributed by atoms with Crippen molar-refractivity contribution in [2.45, 2.75) is 40.2 Å². The van der Waals surface area contributed by atoms with Gasteiger partial charge in [-0.3, -0.25) is 5.32 Å². The van der Waals surface area contributed by atoms with Gasteiger partial charge in [0.15, 0.2) is 0 Å². The molecule has 0 aliphatic carbocycles. The molecular formula is C12H19ClN2O2. The van der Waals surface area contributed by atoms with Crippen molar-refractivity contribution in [3.8, 4) is 0 Å². The number of pyridine rings is 1. The third-order valence-corrected chi connectivity index (χ3v) is 1.60. The van der Waals surface area contributed by atoms with E-state index in [2.05, 4.69) is 10.3 Å². The van der Waals surface area contributed by atoms with Crippen LogP contribution >= 0.6 is 11.6 Å². The van der Waals surface area contributed by atoms with Gasteiger partial charge in [0.05, 0.1) is 11.9 Å². The molecule has 1 N–H and O–H groups in total. The fourth-order valence-corrected chi connectivity index (χ4v) is 0.983. The Bertz CT molecular complexity index is 345. The summed E-state index contributed by atoms with van der Waals surface area (Å²) >= 11 is 5.60. The van der Waals surface area contributed by atoms with Gasteiger partial charge in [-0.25, -0.2) is 9.78 Å². The minimum Gasteiger partial charge on any atom is -0.444 e. The Balaban J connectivity index is 0.00000121. The second-order valence-corrected chi connectivity index (χ2v) is 4.38. The third kappa shape index (κ3) is 7.58. The van der Waals surface area contributed by atoms with Crippen molar-refractivity contribution < 1.29 is 9.53 Å². The number of nitrogens with zero attached hydrogens (tertiary/aromatic N) is 1. The van der Waals surface area contributed by atoms with Gasteiger partial charge < -0.3 is 4.74 Å². The summed E-state index contributed by atoms with van der Waals surface area (Å²) in [4.78, 5) is 15.1. The average molecular weight is 259 g/mol. The number of hydrogen-bond donors (Lipinski definition) is 1. The van der Waals surface area contributed by atoms with Crippen molar-refractivity contribution in [3.63, 3.8) is 0 Å². The number of rotatable bonds is 1. The minimum atomic E-state index is -0.510. The molecule has 0 atom stereocenters. The van der Waals surface area contributed by atoms with Crippen LogP contribution in [-0.2, 0) is 4.74 Å². The highest BCUT2D eigenvalue weighted by Crippen LogP contribution is 2.12. The predicted octanol–water partition coefficient (Wildman–Crippen LogP) is 4.11. The van der Waals surface area contributed by atoms with Gasteiger partial charge in [-0.2, -0.15) is 0 Å². The zero-order chi connectivity index (χ0) is 13.5. The molecule has 1 aromatic rings. The molecule has 0 fully saturated rings. The summed E-state index contributed by atoms with van der Waals surface area (Å²) in [6.07, 6.45) is 0.957. The second-order valence-electron chi connectivity index (χ2n) is 4.00. The Kier molecular flexibility index (Phi) is 6.58. The number of carbonyl (C=O) groups is 1. The normalized spacial score (nSPS) is 10.0. The van der Waals surface area contributed by atoms with E-state index >= 15 is 0 Å². The number of halogens is 1. The first kappa shape index (κ1) is 15.7. The number of amides is 1. The van der Waals surface area contributed by atoms with Crippen LogP contribution < -0.4 is 5.32 Å². The van der Waals surface area contributed by atoms with Crippen LogP contribution in [0.5, 0.6) is 0 Å². The lowest BCUT2D eigenvalue weighted by Gasteiger charge is -2.19. The highest BCUT2D eigenvalue weighted by atomic mass is 35.5. The maximum Gasteiger partial charge on any atom is 0.412 e. The van der Waals surface area contributed by atoms with Crippen molar-refractivity contribution in [1.29, 1.82) is 0 Å². The molecule has 0 radical (unpaired) electrons. The van der Waals surface area contributed by atoms with E-state index in [1.54, 1.807) is 32.9 Å². The van der Waals surface area contributed by atoms with Crippen molar-refractivity contribution in [3.05, 3.63) is 23.5 Å². The number of aromatic nitrogens is 1. The first-order valence-electron chi connectivity index (χ1n) is 5.48. The largest absolute Gasteiger partial charge is 0.444 e. The van der Waals surface area contributed by atoms with Crippen molar-refractivity contribution in [2.24, 2.45) is 0 Å². The zero-order valence-electron chi connectivity index (χ0n) is 10.9. The van der Waals surface area contributed by atoms with E-state index in [1.807, 2.05) is 13.8 Å². The maximum absolute atomic E-state index is 11.3. The fraction of sp³-hybridized carbons (Fsp3) is 0.500. The molecule has 1 rings (SSSR count). The molecule has 5 heteroatoms. The van der Waals surface area contributed by atoms with Crippen LogP contribution in [0.25, 0.3) is 0 Å². The van der Waals surface area contributed by atoms with Gasteiger partial charge in [0, 0.05) is 0 Å². The van der Waals surface area contributed by atoms with Crippen LogP contribution in [0.4, 0.5) is 10.5 Å². The first-order chi connectivity index (χ1) is 7.87. The number of carbonyl (C=O) groups excluding carboxylic acids is 1. The summed E-state index contributed by atoms with van der Waals surface area (Å²) < 4.78 is 5.06. The van der Waals surface area contributed by atoms with Gasteiger partial charge in [0.1, 0.15) is 10.8 Å². The number of hydrogen-bond acceptors (Lipinski definition) is 3. The van der Waals surface area contributed by atoms with Crippen LogP contribution in [-0.4, -0.2) is 16.7 Å². The van der Waals surface area contributed by atoms with E-state index in [1.165, 1.54) is 6.20 Å². The average Bonchev–Trinajstić information content (AvgIpc) is 2.22. The van der Waals surface area contributed by atoms with Crippen LogP contribution in [0.1, 0.15) is 34.6 Å². The Morgan fingerprint density at radius 3 is 2.35 bits per heavy atom. The molecule has 1 heterocycles. The van der Waals surface area contributed by atoms with Crippen LogP contribution in [0.2, 0.25) is 5.15 Å². The van der Waals surface area contributed by atoms with Gasteiger partial charge in [0.25, 0.3) is 0 Å². The Morgan fingerprint density at radius 1 is 1.35 bits per heavy atom. The highest BCUT2D eigenvalue weighted by Gasteiger charge is 2.15. The monoisotopic (exact) mass is 258 g/mol. The van der Waals surface area contributed by atoms with Gasteiger partial charge in [0.2, 0.25) is 0 Å². The number of anilines is 1. The molecule has 1 amide bonds. The van der Waals surface area contributed by atoms with Crippen molar-refractivity contribution >= 4 is 23.4 Å². The zero-order valence-corrected chi connectivity index (χ0v) is 11.6. The first-order valence-corrected chi connectivity index (χ1v) is 5.86. The van der Waals surface area contributed by atoms with Crippen molar-refractivity contribution in [2.75, 3.05) is 5.32 Å². The van der Waals surface area contributed by atoms with E-state index in [0.29, 0.717) is 10.8 Å². The van der Waals surface area contributed by atoms with E-state index in [-0.39, 0.29) is 0 Å². The molecule has 0 saturated heterocycles. The molecule has 17 heavy (non-hydrogen) atoms. The summed E-state index contributed by atoms with van der Waals surface area (Å²) in [5.41, 5.74) is 0.0397. The highest BCUT2D eigenvalue weighted by molar-refractivity contribution is 6.29. The molecule has 0 bridgehead atoms. The third-order valence-electron chi connectivity index (χ3n) is 1.37. The summed E-state index contributed by atoms with van der Waals surface area (Å²) in [6, 6.07) is 3.24. The standard InChI is InChI=1S/C10H13ClN2O2.C2H6/c1-10(2,3)15-9(14)13-7-4-5-8(11)12-6-7;1-2/h4-6H,1-3H3,(H,13,14);1-2H3. The molecular weight excluding hydrogens is 240 g/mol. The molecule has 0 saturated carbocycles. The predicted molar refractivity (Wildman–Crippen MR) is 70.5 cm³/mol. The van der Waals surface area contributed by atoms with Crippen LogP contribution in [0, 0.1) is 0 Å². The summed E-state index contributed by atoms with van der Waals surface area (Å²) in [5, 5.41) is 2.92. The van der Waals surface area contributed by atoms with Gasteiger partial charge >= 0.3 is 6.09 Å². The van der Waals surface area contributed by atoms with Gasteiger partial charge in [-0.1, -0.05) is 25.4 Å². The summed E-state index contributed by atoms with van der Waals surface area (Å²) in [6.45, 7) is 9.39. The smallest absolute Gasteiger partial charge is 0.412 e. The molecule has 0 aromatic carbocycles. The molecule has 0 spiro atoms. The van der Waals surface area contributed by atoms with Gasteiger partial charge in [-0.15, -0.1) is 0 Å². The molecule has 0 aliphatic rings. The molecule has 96 valence electrons. The topological polar surface area (TPSA) is 51.2 Å². The maximum atomic E-state index is 11.3. The summed E-state index contributed by atoms with van der Waals surface area (Å²) in [5.74, 6) is 0. The minimum absolute atomic E-state index is 0.379. The SMILES string of the molecule is CC.CC(C)(C)OC(=O)Nc1ccc(Cl)nc1. The fourth-order valence-electron chi connectivity index (χ4n) is 0.871. The van der Waals surface area contributed by atoms with E-state index in [9.17, 15) is 4.79 Å². The lowest BCUT2D eigenvalue weighted by molar-refractivity contribution is 0.0636. The Labute approximate surface area is 107 Å². The Morgan fingerprint density at radius 2 is 1.94 bits per heavy atom. The number of nitrogens with one attached hydrogen (secondary N) is 1. The second kappa shape index (κ2) is 7.12. The number of ether oxygens (including phenoxy) is 1. The van der Waals surface area contributed by atoms with Crippen LogP contribution in [0.15, 0.2) is 18.3 Å². The molecule has 4 nitrogen and oxygen atoms in total. The molecule has 0 aliphatic heterocycles. The quantitative estimate of drug-likeness (QED) is 0.772. The van der Waals surface area contributed by atoms with Gasteiger partial charge in [-0.05, 0) is 32.9 Å². The van der Waals surface area contributed by atoms with E-state index < -0.39 is 11.7 Å². The van der Waals surface area contributed by atoms with Crippen molar-refractivity contribution in [1.82, 2.24) is 4.98 Å². The van der Waals surface area contributed by atoms with Crippen LogP contribution in [0.3, 0.4) is 0 Å². The lowest BCUT2D eigenvalue weighted by Crippen LogP contribution is -2.27. The summed E-state index contributed by atoms with van der Waals surface area (Å²) in [7, 11) is 0. The molecule has 0 unspecified atom stereocenters.